The Morgan fingerprint density at radius 1 is 0.885 bits per heavy atom. The van der Waals surface area contributed by atoms with E-state index in [1.165, 1.54) is 11.6 Å². The molecule has 1 aliphatic rings. The van der Waals surface area contributed by atoms with Gasteiger partial charge >= 0.3 is 0 Å². The lowest BCUT2D eigenvalue weighted by Gasteiger charge is -2.17. The molecule has 1 N–H and O–H groups in total. The first-order valence-corrected chi connectivity index (χ1v) is 8.73. The van der Waals surface area contributed by atoms with Gasteiger partial charge in [-0.05, 0) is 23.8 Å². The first-order chi connectivity index (χ1) is 12.8. The van der Waals surface area contributed by atoms with Crippen molar-refractivity contribution in [3.05, 3.63) is 102 Å². The zero-order valence-corrected chi connectivity index (χ0v) is 14.3. The number of anilines is 1. The van der Waals surface area contributed by atoms with Gasteiger partial charge in [-0.2, -0.15) is 0 Å². The average molecular weight is 345 g/mol. The fourth-order valence-electron chi connectivity index (χ4n) is 3.18. The minimum absolute atomic E-state index is 0.149. The topological polar surface area (TPSA) is 27.6 Å². The number of aliphatic imine (C=N–C) groups is 1. The van der Waals surface area contributed by atoms with Crippen LogP contribution in [0.2, 0.25) is 0 Å². The molecule has 0 bridgehead atoms. The lowest BCUT2D eigenvalue weighted by Crippen LogP contribution is -2.30. The number of para-hydroxylation sites is 1. The molecule has 1 fully saturated rings. The lowest BCUT2D eigenvalue weighted by molar-refractivity contribution is 0.610. The second-order valence-corrected chi connectivity index (χ2v) is 6.29. The zero-order valence-electron chi connectivity index (χ0n) is 14.3. The second-order valence-electron chi connectivity index (χ2n) is 6.29. The van der Waals surface area contributed by atoms with Crippen LogP contribution in [0.5, 0.6) is 0 Å². The van der Waals surface area contributed by atoms with Crippen LogP contribution in [-0.2, 0) is 6.54 Å². The smallest absolute Gasteiger partial charge is 0.199 e. The van der Waals surface area contributed by atoms with Crippen LogP contribution >= 0.6 is 0 Å². The summed E-state index contributed by atoms with van der Waals surface area (Å²) in [7, 11) is 0. The van der Waals surface area contributed by atoms with Crippen LogP contribution in [0.4, 0.5) is 10.1 Å². The Balaban J connectivity index is 1.63. The van der Waals surface area contributed by atoms with Crippen molar-refractivity contribution in [1.29, 1.82) is 0 Å². The maximum absolute atomic E-state index is 13.9. The number of benzene rings is 3. The summed E-state index contributed by atoms with van der Waals surface area (Å²) in [5, 5.41) is 3.50. The molecule has 0 aliphatic carbocycles. The molecule has 1 heterocycles. The molecule has 1 atom stereocenters. The van der Waals surface area contributed by atoms with E-state index in [-0.39, 0.29) is 11.9 Å². The van der Waals surface area contributed by atoms with Crippen LogP contribution in [0.15, 0.2) is 89.9 Å². The monoisotopic (exact) mass is 345 g/mol. The van der Waals surface area contributed by atoms with Crippen molar-refractivity contribution >= 4 is 11.6 Å². The van der Waals surface area contributed by atoms with Gasteiger partial charge < -0.3 is 10.2 Å². The molecule has 4 heteroatoms. The minimum atomic E-state index is -0.222. The predicted molar refractivity (Wildman–Crippen MR) is 104 cm³/mol. The summed E-state index contributed by atoms with van der Waals surface area (Å²) < 4.78 is 13.9. The van der Waals surface area contributed by atoms with Crippen molar-refractivity contribution in [3.8, 4) is 0 Å². The van der Waals surface area contributed by atoms with E-state index in [0.717, 1.165) is 18.2 Å². The highest BCUT2D eigenvalue weighted by Crippen LogP contribution is 2.25. The summed E-state index contributed by atoms with van der Waals surface area (Å²) in [5.74, 6) is 0.550. The standard InChI is InChI=1S/C22H20FN3/c23-20-14-8-7-11-18(20)15-24-22-25-21(17-9-3-1-4-10-17)16-26(22)19-12-5-2-6-13-19/h1-14,21H,15-16H2,(H,24,25). The van der Waals surface area contributed by atoms with E-state index >= 15 is 0 Å². The maximum Gasteiger partial charge on any atom is 0.199 e. The van der Waals surface area contributed by atoms with Gasteiger partial charge in [0.1, 0.15) is 5.82 Å². The highest BCUT2D eigenvalue weighted by Gasteiger charge is 2.29. The quantitative estimate of drug-likeness (QED) is 0.752. The summed E-state index contributed by atoms with van der Waals surface area (Å²) in [6.45, 7) is 1.09. The van der Waals surface area contributed by atoms with Gasteiger partial charge in [0.15, 0.2) is 5.96 Å². The summed E-state index contributed by atoms with van der Waals surface area (Å²) in [6, 6.07) is 27.4. The molecule has 0 amide bonds. The molecule has 0 radical (unpaired) electrons. The molecule has 1 aliphatic heterocycles. The van der Waals surface area contributed by atoms with Gasteiger partial charge in [0.25, 0.3) is 0 Å². The minimum Gasteiger partial charge on any atom is -0.347 e. The highest BCUT2D eigenvalue weighted by atomic mass is 19.1. The highest BCUT2D eigenvalue weighted by molar-refractivity contribution is 5.98. The third-order valence-corrected chi connectivity index (χ3v) is 4.55. The van der Waals surface area contributed by atoms with Crippen LogP contribution in [-0.4, -0.2) is 12.5 Å². The molecule has 0 aromatic heterocycles. The van der Waals surface area contributed by atoms with Crippen molar-refractivity contribution in [2.45, 2.75) is 12.6 Å². The first-order valence-electron chi connectivity index (χ1n) is 8.73. The second kappa shape index (κ2) is 7.40. The Labute approximate surface area is 152 Å². The summed E-state index contributed by atoms with van der Waals surface area (Å²) in [4.78, 5) is 6.83. The van der Waals surface area contributed by atoms with Gasteiger partial charge in [-0.25, -0.2) is 9.38 Å². The Morgan fingerprint density at radius 2 is 1.54 bits per heavy atom. The number of hydrogen-bond acceptors (Lipinski definition) is 1. The Hall–Kier alpha value is -3.14. The Kier molecular flexibility index (Phi) is 4.65. The molecule has 4 rings (SSSR count). The summed E-state index contributed by atoms with van der Waals surface area (Å²) in [5.41, 5.74) is 2.88. The van der Waals surface area contributed by atoms with Crippen molar-refractivity contribution in [2.24, 2.45) is 4.99 Å². The maximum atomic E-state index is 13.9. The normalized spacial score (nSPS) is 18.1. The Bertz CT molecular complexity index is 894. The van der Waals surface area contributed by atoms with Crippen molar-refractivity contribution in [2.75, 3.05) is 11.4 Å². The summed E-state index contributed by atoms with van der Waals surface area (Å²) >= 11 is 0. The zero-order chi connectivity index (χ0) is 17.8. The molecule has 1 unspecified atom stereocenters. The molecule has 0 saturated carbocycles. The van der Waals surface area contributed by atoms with Crippen molar-refractivity contribution in [3.63, 3.8) is 0 Å². The van der Waals surface area contributed by atoms with Gasteiger partial charge in [0.2, 0.25) is 0 Å². The average Bonchev–Trinajstić information content (AvgIpc) is 3.13. The predicted octanol–water partition coefficient (Wildman–Crippen LogP) is 4.53. The van der Waals surface area contributed by atoms with Gasteiger partial charge in [-0.1, -0.05) is 66.7 Å². The van der Waals surface area contributed by atoms with Crippen LogP contribution in [0, 0.1) is 5.82 Å². The summed E-state index contributed by atoms with van der Waals surface area (Å²) in [6.07, 6.45) is 0. The van der Waals surface area contributed by atoms with E-state index < -0.39 is 0 Å². The van der Waals surface area contributed by atoms with E-state index in [4.69, 9.17) is 0 Å². The number of hydrogen-bond donors (Lipinski definition) is 1. The van der Waals surface area contributed by atoms with Gasteiger partial charge in [0, 0.05) is 11.3 Å². The van der Waals surface area contributed by atoms with Gasteiger partial charge in [-0.3, -0.25) is 0 Å². The molecule has 3 nitrogen and oxygen atoms in total. The number of nitrogens with one attached hydrogen (secondary N) is 1. The van der Waals surface area contributed by atoms with E-state index in [1.54, 1.807) is 12.1 Å². The van der Waals surface area contributed by atoms with E-state index in [0.29, 0.717) is 12.1 Å². The number of nitrogens with zero attached hydrogens (tertiary/aromatic N) is 2. The van der Waals surface area contributed by atoms with Crippen LogP contribution in [0.1, 0.15) is 17.2 Å². The van der Waals surface area contributed by atoms with Gasteiger partial charge in [-0.15, -0.1) is 0 Å². The third kappa shape index (κ3) is 3.45. The molecular formula is C22H20FN3. The number of rotatable bonds is 4. The fourth-order valence-corrected chi connectivity index (χ4v) is 3.18. The van der Waals surface area contributed by atoms with Gasteiger partial charge in [0.05, 0.1) is 19.1 Å². The van der Waals surface area contributed by atoms with E-state index in [9.17, 15) is 4.39 Å². The van der Waals surface area contributed by atoms with Crippen LogP contribution < -0.4 is 10.2 Å². The van der Waals surface area contributed by atoms with Crippen molar-refractivity contribution in [1.82, 2.24) is 5.32 Å². The largest absolute Gasteiger partial charge is 0.347 e. The number of guanidine groups is 1. The molecule has 26 heavy (non-hydrogen) atoms. The SMILES string of the molecule is Fc1ccccc1CN=C1NC(c2ccccc2)CN1c1ccccc1. The first kappa shape index (κ1) is 16.3. The molecule has 3 aromatic carbocycles. The Morgan fingerprint density at radius 3 is 2.27 bits per heavy atom. The molecule has 3 aromatic rings. The third-order valence-electron chi connectivity index (χ3n) is 4.55. The van der Waals surface area contributed by atoms with E-state index in [2.05, 4.69) is 39.5 Å². The molecule has 0 spiro atoms. The molecule has 1 saturated heterocycles. The molecular weight excluding hydrogens is 325 g/mol. The fraction of sp³-hybridized carbons (Fsp3) is 0.136. The lowest BCUT2D eigenvalue weighted by atomic mass is 10.1. The van der Waals surface area contributed by atoms with Crippen LogP contribution in [0.3, 0.4) is 0 Å². The van der Waals surface area contributed by atoms with E-state index in [1.807, 2.05) is 42.5 Å². The van der Waals surface area contributed by atoms with Crippen LogP contribution in [0.25, 0.3) is 0 Å². The molecule has 130 valence electrons. The van der Waals surface area contributed by atoms with Crippen molar-refractivity contribution < 1.29 is 4.39 Å². The number of halogens is 1.